The lowest BCUT2D eigenvalue weighted by molar-refractivity contribution is -0.151. The van der Waals surface area contributed by atoms with Gasteiger partial charge in [0.15, 0.2) is 0 Å². The Morgan fingerprint density at radius 2 is 1.52 bits per heavy atom. The number of ether oxygens (including phenoxy) is 1. The molecule has 0 amide bonds. The van der Waals surface area contributed by atoms with E-state index in [-0.39, 0.29) is 12.1 Å². The summed E-state index contributed by atoms with van der Waals surface area (Å²) in [5.41, 5.74) is 0.462. The van der Waals surface area contributed by atoms with Crippen molar-refractivity contribution in [2.75, 3.05) is 0 Å². The smallest absolute Gasteiger partial charge is 0.416 e. The average Bonchev–Trinajstić information content (AvgIpc) is 2.72. The van der Waals surface area contributed by atoms with Crippen molar-refractivity contribution in [1.29, 1.82) is 0 Å². The fourth-order valence-corrected chi connectivity index (χ4v) is 5.01. The number of rotatable bonds is 6. The predicted octanol–water partition coefficient (Wildman–Crippen LogP) is 7.05. The molecule has 0 aromatic heterocycles. The molecule has 0 saturated heterocycles. The number of carbonyl (C=O) groups is 1. The molecule has 2 aliphatic rings. The molecule has 2 fully saturated rings. The van der Waals surface area contributed by atoms with Gasteiger partial charge in [-0.25, -0.2) is 0 Å². The van der Waals surface area contributed by atoms with Crippen LogP contribution in [0.25, 0.3) is 0 Å². The molecular weight excluding hydrogens is 377 g/mol. The van der Waals surface area contributed by atoms with Gasteiger partial charge in [0.2, 0.25) is 0 Å². The van der Waals surface area contributed by atoms with Gasteiger partial charge in [0.1, 0.15) is 6.10 Å². The van der Waals surface area contributed by atoms with E-state index in [1.165, 1.54) is 12.1 Å². The Morgan fingerprint density at radius 3 is 2.03 bits per heavy atom. The summed E-state index contributed by atoms with van der Waals surface area (Å²) in [5, 5.41) is 0. The van der Waals surface area contributed by atoms with Gasteiger partial charge in [-0.05, 0) is 93.2 Å². The Balaban J connectivity index is 1.42. The van der Waals surface area contributed by atoms with Crippen LogP contribution in [0.3, 0.4) is 0 Å². The minimum absolute atomic E-state index is 0.0621. The van der Waals surface area contributed by atoms with Gasteiger partial charge in [0, 0.05) is 6.42 Å². The number of hydrogen-bond donors (Lipinski definition) is 0. The first kappa shape index (κ1) is 21.9. The molecule has 5 heteroatoms. The number of hydrogen-bond acceptors (Lipinski definition) is 2. The van der Waals surface area contributed by atoms with Gasteiger partial charge in [-0.15, -0.1) is 6.58 Å². The minimum atomic E-state index is -4.27. The van der Waals surface area contributed by atoms with Crippen LogP contribution in [0.2, 0.25) is 0 Å². The van der Waals surface area contributed by atoms with Crippen LogP contribution in [-0.2, 0) is 15.7 Å². The standard InChI is InChI=1S/C24H31F3O2/c1-2-3-4-23(28)29-22-15-11-20(12-16-22)18-7-5-17(6-8-18)19-9-13-21(14-10-19)24(25,26)27/h2,9-10,13-14,17-18,20,22H,1,3-8,11-12,15-16H2/t17-,18-,20?,22?. The fourth-order valence-electron chi connectivity index (χ4n) is 5.01. The third-order valence-electron chi connectivity index (χ3n) is 6.72. The van der Waals surface area contributed by atoms with Gasteiger partial charge < -0.3 is 4.74 Å². The Morgan fingerprint density at radius 1 is 0.966 bits per heavy atom. The van der Waals surface area contributed by atoms with Gasteiger partial charge in [0.05, 0.1) is 5.56 Å². The highest BCUT2D eigenvalue weighted by Crippen LogP contribution is 2.43. The molecule has 1 aromatic carbocycles. The molecule has 0 atom stereocenters. The van der Waals surface area contributed by atoms with Gasteiger partial charge in [-0.2, -0.15) is 13.2 Å². The van der Waals surface area contributed by atoms with Crippen molar-refractivity contribution in [3.63, 3.8) is 0 Å². The van der Waals surface area contributed by atoms with Crippen molar-refractivity contribution in [2.45, 2.75) is 82.4 Å². The predicted molar refractivity (Wildman–Crippen MR) is 107 cm³/mol. The summed E-state index contributed by atoms with van der Waals surface area (Å²) in [6.45, 7) is 3.63. The van der Waals surface area contributed by atoms with Crippen LogP contribution in [0.5, 0.6) is 0 Å². The molecule has 29 heavy (non-hydrogen) atoms. The van der Waals surface area contributed by atoms with Crippen LogP contribution >= 0.6 is 0 Å². The third kappa shape index (κ3) is 6.10. The lowest BCUT2D eigenvalue weighted by atomic mass is 9.69. The van der Waals surface area contributed by atoms with Crippen LogP contribution in [0.1, 0.15) is 81.3 Å². The second-order valence-electron chi connectivity index (χ2n) is 8.59. The quantitative estimate of drug-likeness (QED) is 0.372. The number of carbonyl (C=O) groups excluding carboxylic acids is 1. The first-order valence-corrected chi connectivity index (χ1v) is 10.8. The highest BCUT2D eigenvalue weighted by atomic mass is 19.4. The molecule has 0 spiro atoms. The number of allylic oxidation sites excluding steroid dienone is 1. The van der Waals surface area contributed by atoms with Crippen molar-refractivity contribution in [3.8, 4) is 0 Å². The zero-order valence-corrected chi connectivity index (χ0v) is 16.9. The summed E-state index contributed by atoms with van der Waals surface area (Å²) in [4.78, 5) is 11.8. The van der Waals surface area contributed by atoms with E-state index >= 15 is 0 Å². The Bertz CT molecular complexity index is 664. The van der Waals surface area contributed by atoms with Crippen molar-refractivity contribution in [3.05, 3.63) is 48.0 Å². The van der Waals surface area contributed by atoms with Crippen molar-refractivity contribution >= 4 is 5.97 Å². The van der Waals surface area contributed by atoms with Crippen molar-refractivity contribution in [2.24, 2.45) is 11.8 Å². The van der Waals surface area contributed by atoms with Crippen molar-refractivity contribution in [1.82, 2.24) is 0 Å². The monoisotopic (exact) mass is 408 g/mol. The van der Waals surface area contributed by atoms with E-state index in [2.05, 4.69) is 6.58 Å². The number of halogens is 3. The largest absolute Gasteiger partial charge is 0.462 e. The van der Waals surface area contributed by atoms with Crippen LogP contribution in [0.15, 0.2) is 36.9 Å². The molecule has 0 bridgehead atoms. The lowest BCUT2D eigenvalue weighted by Gasteiger charge is -2.37. The van der Waals surface area contributed by atoms with E-state index in [4.69, 9.17) is 4.74 Å². The summed E-state index contributed by atoms with van der Waals surface area (Å²) in [5.74, 6) is 1.63. The maximum atomic E-state index is 12.7. The Hall–Kier alpha value is -1.78. The number of alkyl halides is 3. The second kappa shape index (κ2) is 9.82. The Kier molecular flexibility index (Phi) is 7.42. The maximum Gasteiger partial charge on any atom is 0.416 e. The molecule has 0 N–H and O–H groups in total. The van der Waals surface area contributed by atoms with E-state index in [1.54, 1.807) is 18.2 Å². The summed E-state index contributed by atoms with van der Waals surface area (Å²) in [6, 6.07) is 5.72. The van der Waals surface area contributed by atoms with Crippen LogP contribution < -0.4 is 0 Å². The van der Waals surface area contributed by atoms with Gasteiger partial charge in [-0.3, -0.25) is 4.79 Å². The summed E-state index contributed by atoms with van der Waals surface area (Å²) < 4.78 is 43.8. The molecule has 0 unspecified atom stereocenters. The molecule has 3 rings (SSSR count). The molecule has 1 aromatic rings. The summed E-state index contributed by atoms with van der Waals surface area (Å²) in [6.07, 6.45) is 7.09. The van der Waals surface area contributed by atoms with E-state index in [0.29, 0.717) is 30.6 Å². The van der Waals surface area contributed by atoms with Gasteiger partial charge >= 0.3 is 12.1 Å². The molecular formula is C24H31F3O2. The zero-order valence-electron chi connectivity index (χ0n) is 16.9. The highest BCUT2D eigenvalue weighted by molar-refractivity contribution is 5.69. The second-order valence-corrected chi connectivity index (χ2v) is 8.59. The van der Waals surface area contributed by atoms with Gasteiger partial charge in [-0.1, -0.05) is 18.2 Å². The first-order chi connectivity index (χ1) is 13.9. The number of benzene rings is 1. The van der Waals surface area contributed by atoms with Crippen molar-refractivity contribution < 1.29 is 22.7 Å². The Labute approximate surface area is 171 Å². The van der Waals surface area contributed by atoms with Crippen LogP contribution in [-0.4, -0.2) is 12.1 Å². The molecule has 2 nitrogen and oxygen atoms in total. The molecule has 0 heterocycles. The average molecular weight is 409 g/mol. The molecule has 2 saturated carbocycles. The maximum absolute atomic E-state index is 12.7. The van der Waals surface area contributed by atoms with Crippen LogP contribution in [0.4, 0.5) is 13.2 Å². The molecule has 160 valence electrons. The van der Waals surface area contributed by atoms with Crippen LogP contribution in [0, 0.1) is 11.8 Å². The summed E-state index contributed by atoms with van der Waals surface area (Å²) in [7, 11) is 0. The van der Waals surface area contributed by atoms with E-state index in [0.717, 1.165) is 56.9 Å². The topological polar surface area (TPSA) is 26.3 Å². The van der Waals surface area contributed by atoms with E-state index in [1.807, 2.05) is 0 Å². The molecule has 0 radical (unpaired) electrons. The fraction of sp³-hybridized carbons (Fsp3) is 0.625. The first-order valence-electron chi connectivity index (χ1n) is 10.8. The SMILES string of the molecule is C=CCCC(=O)OC1CCC([C@H]2CC[C@H](c3ccc(C(F)(F)F)cc3)CC2)CC1. The van der Waals surface area contributed by atoms with E-state index < -0.39 is 11.7 Å². The molecule has 2 aliphatic carbocycles. The van der Waals surface area contributed by atoms with Gasteiger partial charge in [0.25, 0.3) is 0 Å². The lowest BCUT2D eigenvalue weighted by Crippen LogP contribution is -2.29. The summed E-state index contributed by atoms with van der Waals surface area (Å²) >= 11 is 0. The minimum Gasteiger partial charge on any atom is -0.462 e. The third-order valence-corrected chi connectivity index (χ3v) is 6.72. The normalized spacial score (nSPS) is 28.0. The number of esters is 1. The molecule has 0 aliphatic heterocycles. The van der Waals surface area contributed by atoms with E-state index in [9.17, 15) is 18.0 Å². The zero-order chi connectivity index (χ0) is 20.9. The highest BCUT2D eigenvalue weighted by Gasteiger charge is 2.33.